The lowest BCUT2D eigenvalue weighted by Crippen LogP contribution is -2.02. The molecule has 0 saturated heterocycles. The van der Waals surface area contributed by atoms with E-state index in [4.69, 9.17) is 9.47 Å². The van der Waals surface area contributed by atoms with Gasteiger partial charge in [0, 0.05) is 23.6 Å². The van der Waals surface area contributed by atoms with Crippen LogP contribution >= 0.6 is 0 Å². The summed E-state index contributed by atoms with van der Waals surface area (Å²) in [6.07, 6.45) is 9.49. The largest absolute Gasteiger partial charge is 0.493 e. The minimum atomic E-state index is 0.491. The molecule has 0 atom stereocenters. The zero-order valence-corrected chi connectivity index (χ0v) is 16.7. The second kappa shape index (κ2) is 8.77. The number of aryl methyl sites for hydroxylation is 2. The van der Waals surface area contributed by atoms with Crippen molar-refractivity contribution in [3.05, 3.63) is 54.0 Å². The Hall–Kier alpha value is -3.35. The number of benzene rings is 1. The van der Waals surface area contributed by atoms with Gasteiger partial charge in [0.25, 0.3) is 0 Å². The number of ether oxygens (including phenoxy) is 2. The van der Waals surface area contributed by atoms with Gasteiger partial charge in [-0.3, -0.25) is 4.98 Å². The summed E-state index contributed by atoms with van der Waals surface area (Å²) in [7, 11) is 3.22. The van der Waals surface area contributed by atoms with Gasteiger partial charge in [-0.1, -0.05) is 6.42 Å². The van der Waals surface area contributed by atoms with Crippen LogP contribution in [0.1, 0.15) is 30.5 Å². The normalized spacial score (nSPS) is 13.2. The van der Waals surface area contributed by atoms with Gasteiger partial charge >= 0.3 is 0 Å². The predicted molar refractivity (Wildman–Crippen MR) is 114 cm³/mol. The first kappa shape index (κ1) is 19.0. The van der Waals surface area contributed by atoms with Crippen molar-refractivity contribution >= 4 is 23.1 Å². The van der Waals surface area contributed by atoms with Crippen LogP contribution in [0, 0.1) is 0 Å². The fraction of sp³-hybridized carbons (Fsp3) is 0.318. The van der Waals surface area contributed by atoms with Gasteiger partial charge in [0.05, 0.1) is 26.1 Å². The second-order valence-corrected chi connectivity index (χ2v) is 6.98. The number of nitrogens with zero attached hydrogens (tertiary/aromatic N) is 3. The Bertz CT molecular complexity index is 993. The number of rotatable bonds is 6. The average Bonchev–Trinajstić information content (AvgIpc) is 2.99. The molecule has 0 aliphatic heterocycles. The van der Waals surface area contributed by atoms with Crippen LogP contribution < -0.4 is 20.1 Å². The summed E-state index contributed by atoms with van der Waals surface area (Å²) in [4.78, 5) is 13.5. The van der Waals surface area contributed by atoms with Crippen molar-refractivity contribution in [3.63, 3.8) is 0 Å². The van der Waals surface area contributed by atoms with Gasteiger partial charge in [0.15, 0.2) is 11.5 Å². The zero-order valence-electron chi connectivity index (χ0n) is 16.7. The molecule has 0 spiro atoms. The lowest BCUT2D eigenvalue weighted by atomic mass is 10.1. The van der Waals surface area contributed by atoms with E-state index >= 15 is 0 Å². The Morgan fingerprint density at radius 1 is 0.828 bits per heavy atom. The molecule has 2 aromatic heterocycles. The molecule has 4 rings (SSSR count). The molecule has 2 heterocycles. The number of methoxy groups -OCH3 is 2. The van der Waals surface area contributed by atoms with Crippen molar-refractivity contribution in [1.82, 2.24) is 15.0 Å². The summed E-state index contributed by atoms with van der Waals surface area (Å²) in [5.41, 5.74) is 4.32. The van der Waals surface area contributed by atoms with Crippen LogP contribution in [0.3, 0.4) is 0 Å². The van der Waals surface area contributed by atoms with Crippen molar-refractivity contribution in [2.24, 2.45) is 0 Å². The van der Waals surface area contributed by atoms with Crippen LogP contribution in [-0.4, -0.2) is 29.2 Å². The quantitative estimate of drug-likeness (QED) is 0.592. The van der Waals surface area contributed by atoms with E-state index < -0.39 is 0 Å². The maximum Gasteiger partial charge on any atom is 0.229 e. The molecule has 0 radical (unpaired) electrons. The summed E-state index contributed by atoms with van der Waals surface area (Å²) in [6, 6.07) is 9.60. The number of pyridine rings is 1. The van der Waals surface area contributed by atoms with Crippen molar-refractivity contribution in [1.29, 1.82) is 0 Å². The lowest BCUT2D eigenvalue weighted by Gasteiger charge is -2.12. The van der Waals surface area contributed by atoms with Crippen LogP contribution in [0.5, 0.6) is 11.5 Å². The molecule has 0 saturated carbocycles. The van der Waals surface area contributed by atoms with Gasteiger partial charge in [0.1, 0.15) is 5.82 Å². The molecule has 2 N–H and O–H groups in total. The molecule has 1 aromatic carbocycles. The number of aromatic nitrogens is 3. The Balaban J connectivity index is 1.50. The molecule has 150 valence electrons. The van der Waals surface area contributed by atoms with Gasteiger partial charge in [-0.05, 0) is 55.5 Å². The molecule has 7 heteroatoms. The third-order valence-electron chi connectivity index (χ3n) is 4.99. The van der Waals surface area contributed by atoms with Gasteiger partial charge < -0.3 is 20.1 Å². The van der Waals surface area contributed by atoms with E-state index in [1.54, 1.807) is 20.4 Å². The van der Waals surface area contributed by atoms with Gasteiger partial charge in [0.2, 0.25) is 5.95 Å². The van der Waals surface area contributed by atoms with E-state index in [0.717, 1.165) is 24.2 Å². The lowest BCUT2D eigenvalue weighted by molar-refractivity contribution is 0.355. The fourth-order valence-electron chi connectivity index (χ4n) is 3.51. The maximum atomic E-state index is 5.35. The Morgan fingerprint density at radius 3 is 2.55 bits per heavy atom. The van der Waals surface area contributed by atoms with Crippen LogP contribution in [-0.2, 0) is 12.8 Å². The fourth-order valence-corrected chi connectivity index (χ4v) is 3.51. The number of hydrogen-bond acceptors (Lipinski definition) is 7. The summed E-state index contributed by atoms with van der Waals surface area (Å²) in [6.45, 7) is 0. The molecule has 29 heavy (non-hydrogen) atoms. The van der Waals surface area contributed by atoms with Crippen LogP contribution in [0.25, 0.3) is 0 Å². The first-order chi connectivity index (χ1) is 14.2. The molecule has 1 aliphatic carbocycles. The molecule has 3 aromatic rings. The van der Waals surface area contributed by atoms with Crippen LogP contribution in [0.15, 0.2) is 42.7 Å². The van der Waals surface area contributed by atoms with E-state index in [-0.39, 0.29) is 0 Å². The van der Waals surface area contributed by atoms with Gasteiger partial charge in [-0.2, -0.15) is 4.98 Å². The Labute approximate surface area is 170 Å². The molecular weight excluding hydrogens is 366 g/mol. The van der Waals surface area contributed by atoms with Crippen molar-refractivity contribution in [3.8, 4) is 11.5 Å². The minimum absolute atomic E-state index is 0.491. The summed E-state index contributed by atoms with van der Waals surface area (Å²) < 4.78 is 10.6. The number of hydrogen-bond donors (Lipinski definition) is 2. The SMILES string of the molecule is COc1ccc(Nc2nccc(Nc3cnc4c(c3)CCCCC4)n2)cc1OC. The first-order valence-corrected chi connectivity index (χ1v) is 9.82. The predicted octanol–water partition coefficient (Wildman–Crippen LogP) is 4.64. The van der Waals surface area contributed by atoms with Crippen molar-refractivity contribution in [2.75, 3.05) is 24.9 Å². The average molecular weight is 391 g/mol. The highest BCUT2D eigenvalue weighted by atomic mass is 16.5. The standard InChI is InChI=1S/C22H25N5O2/c1-28-19-9-8-16(13-20(19)29-2)26-22-23-11-10-21(27-22)25-17-12-15-6-4-3-5-7-18(15)24-14-17/h8-14H,3-7H2,1-2H3,(H2,23,25,26,27). The van der Waals surface area contributed by atoms with Crippen LogP contribution in [0.4, 0.5) is 23.1 Å². The highest BCUT2D eigenvalue weighted by molar-refractivity contribution is 5.62. The first-order valence-electron chi connectivity index (χ1n) is 9.82. The summed E-state index contributed by atoms with van der Waals surface area (Å²) in [5.74, 6) is 2.51. The summed E-state index contributed by atoms with van der Waals surface area (Å²) in [5, 5.41) is 6.54. The third-order valence-corrected chi connectivity index (χ3v) is 4.99. The molecule has 0 amide bonds. The highest BCUT2D eigenvalue weighted by Gasteiger charge is 2.11. The zero-order chi connectivity index (χ0) is 20.1. The molecular formula is C22H25N5O2. The van der Waals surface area contributed by atoms with Crippen LogP contribution in [0.2, 0.25) is 0 Å². The molecule has 1 aliphatic rings. The number of fused-ring (bicyclic) bond motifs is 1. The molecule has 0 fully saturated rings. The van der Waals surface area contributed by atoms with E-state index in [1.807, 2.05) is 30.5 Å². The Morgan fingerprint density at radius 2 is 1.69 bits per heavy atom. The second-order valence-electron chi connectivity index (χ2n) is 6.98. The monoisotopic (exact) mass is 391 g/mol. The van der Waals surface area contributed by atoms with Gasteiger partial charge in [-0.15, -0.1) is 0 Å². The van der Waals surface area contributed by atoms with Crippen molar-refractivity contribution in [2.45, 2.75) is 32.1 Å². The topological polar surface area (TPSA) is 81.2 Å². The Kier molecular flexibility index (Phi) is 5.74. The summed E-state index contributed by atoms with van der Waals surface area (Å²) >= 11 is 0. The van der Waals surface area contributed by atoms with Gasteiger partial charge in [-0.25, -0.2) is 4.98 Å². The molecule has 0 bridgehead atoms. The van der Waals surface area contributed by atoms with E-state index in [2.05, 4.69) is 31.7 Å². The molecule has 7 nitrogen and oxygen atoms in total. The minimum Gasteiger partial charge on any atom is -0.493 e. The van der Waals surface area contributed by atoms with Crippen molar-refractivity contribution < 1.29 is 9.47 Å². The highest BCUT2D eigenvalue weighted by Crippen LogP contribution is 2.31. The number of nitrogens with one attached hydrogen (secondary N) is 2. The number of anilines is 4. The molecule has 0 unspecified atom stereocenters. The third kappa shape index (κ3) is 4.56. The van der Waals surface area contributed by atoms with E-state index in [1.165, 1.54) is 30.5 Å². The smallest absolute Gasteiger partial charge is 0.229 e. The van der Waals surface area contributed by atoms with E-state index in [9.17, 15) is 0 Å². The van der Waals surface area contributed by atoms with E-state index in [0.29, 0.717) is 23.3 Å². The maximum absolute atomic E-state index is 5.35.